The van der Waals surface area contributed by atoms with Crippen molar-refractivity contribution in [2.24, 2.45) is 4.99 Å². The second-order valence-electron chi connectivity index (χ2n) is 7.98. The van der Waals surface area contributed by atoms with Gasteiger partial charge in [-0.3, -0.25) is 9.79 Å². The monoisotopic (exact) mass is 421 g/mol. The highest BCUT2D eigenvalue weighted by molar-refractivity contribution is 5.80. The van der Waals surface area contributed by atoms with Crippen molar-refractivity contribution in [3.63, 3.8) is 0 Å². The average molecular weight is 422 g/mol. The largest absolute Gasteiger partial charge is 0.367 e. The van der Waals surface area contributed by atoms with Gasteiger partial charge in [0, 0.05) is 57.8 Å². The zero-order valence-corrected chi connectivity index (χ0v) is 17.8. The van der Waals surface area contributed by atoms with E-state index in [1.165, 1.54) is 12.1 Å². The molecule has 2 aliphatic rings. The molecule has 1 unspecified atom stereocenters. The van der Waals surface area contributed by atoms with Crippen molar-refractivity contribution >= 4 is 17.6 Å². The Morgan fingerprint density at radius 1 is 1.23 bits per heavy atom. The maximum Gasteiger partial charge on any atom is 0.222 e. The van der Waals surface area contributed by atoms with Crippen LogP contribution in [0.1, 0.15) is 45.4 Å². The molecule has 8 heteroatoms. The minimum Gasteiger partial charge on any atom is -0.367 e. The summed E-state index contributed by atoms with van der Waals surface area (Å²) in [6.45, 7) is 6.36. The highest BCUT2D eigenvalue weighted by Gasteiger charge is 2.25. The van der Waals surface area contributed by atoms with Crippen molar-refractivity contribution < 1.29 is 13.6 Å². The number of hydrogen-bond donors (Lipinski definition) is 2. The molecule has 1 aromatic carbocycles. The SMILES string of the molecule is CCNC(=NCCCN1CCCCCC1=O)NC1CCN(c2ccc(F)cc2F)C1. The van der Waals surface area contributed by atoms with E-state index in [0.717, 1.165) is 63.8 Å². The number of carbonyl (C=O) groups is 1. The third kappa shape index (κ3) is 6.31. The molecule has 1 aromatic rings. The summed E-state index contributed by atoms with van der Waals surface area (Å²) in [5.74, 6) is -0.0837. The molecule has 1 atom stereocenters. The maximum atomic E-state index is 14.1. The van der Waals surface area contributed by atoms with Crippen LogP contribution in [0.3, 0.4) is 0 Å². The van der Waals surface area contributed by atoms with Crippen molar-refractivity contribution in [1.29, 1.82) is 0 Å². The number of amides is 1. The molecule has 0 aliphatic carbocycles. The fourth-order valence-electron chi connectivity index (χ4n) is 4.08. The summed E-state index contributed by atoms with van der Waals surface area (Å²) >= 11 is 0. The Labute approximate surface area is 177 Å². The molecule has 1 amide bonds. The molecule has 0 radical (unpaired) electrons. The Morgan fingerprint density at radius 2 is 2.10 bits per heavy atom. The van der Waals surface area contributed by atoms with Crippen LogP contribution in [0, 0.1) is 11.6 Å². The van der Waals surface area contributed by atoms with E-state index in [4.69, 9.17) is 0 Å². The number of benzene rings is 1. The van der Waals surface area contributed by atoms with Crippen LogP contribution in [-0.4, -0.2) is 62.1 Å². The molecule has 166 valence electrons. The fourth-order valence-corrected chi connectivity index (χ4v) is 4.08. The summed E-state index contributed by atoms with van der Waals surface area (Å²) in [6.07, 6.45) is 5.58. The normalized spacial score (nSPS) is 20.4. The Morgan fingerprint density at radius 3 is 2.90 bits per heavy atom. The Bertz CT molecular complexity index is 742. The van der Waals surface area contributed by atoms with Gasteiger partial charge in [-0.15, -0.1) is 0 Å². The Kier molecular flexibility index (Phi) is 8.28. The summed E-state index contributed by atoms with van der Waals surface area (Å²) < 4.78 is 27.2. The maximum absolute atomic E-state index is 14.1. The summed E-state index contributed by atoms with van der Waals surface area (Å²) in [4.78, 5) is 20.6. The number of anilines is 1. The van der Waals surface area contributed by atoms with Crippen molar-refractivity contribution in [2.45, 2.75) is 51.5 Å². The lowest BCUT2D eigenvalue weighted by Gasteiger charge is -2.21. The smallest absolute Gasteiger partial charge is 0.222 e. The van der Waals surface area contributed by atoms with E-state index in [0.29, 0.717) is 31.7 Å². The van der Waals surface area contributed by atoms with Crippen LogP contribution in [-0.2, 0) is 4.79 Å². The molecular formula is C22H33F2N5O. The van der Waals surface area contributed by atoms with Crippen LogP contribution in [0.15, 0.2) is 23.2 Å². The van der Waals surface area contributed by atoms with Crippen LogP contribution in [0.2, 0.25) is 0 Å². The minimum absolute atomic E-state index is 0.138. The number of guanidine groups is 1. The second kappa shape index (κ2) is 11.1. The van der Waals surface area contributed by atoms with Gasteiger partial charge < -0.3 is 20.4 Å². The van der Waals surface area contributed by atoms with Crippen molar-refractivity contribution in [2.75, 3.05) is 44.2 Å². The van der Waals surface area contributed by atoms with E-state index in [9.17, 15) is 13.6 Å². The topological polar surface area (TPSA) is 60.0 Å². The third-order valence-electron chi connectivity index (χ3n) is 5.65. The summed E-state index contributed by atoms with van der Waals surface area (Å²) in [7, 11) is 0. The minimum atomic E-state index is -0.562. The number of halogens is 2. The molecule has 0 bridgehead atoms. The van der Waals surface area contributed by atoms with Crippen molar-refractivity contribution in [3.05, 3.63) is 29.8 Å². The number of aliphatic imine (C=N–C) groups is 1. The first-order valence-corrected chi connectivity index (χ1v) is 11.1. The highest BCUT2D eigenvalue weighted by Crippen LogP contribution is 2.24. The molecule has 0 aromatic heterocycles. The molecule has 3 rings (SSSR count). The first kappa shape index (κ1) is 22.3. The molecule has 2 heterocycles. The molecule has 2 N–H and O–H groups in total. The first-order chi connectivity index (χ1) is 14.6. The predicted molar refractivity (Wildman–Crippen MR) is 116 cm³/mol. The van der Waals surface area contributed by atoms with Gasteiger partial charge in [0.1, 0.15) is 11.6 Å². The number of rotatable bonds is 7. The van der Waals surface area contributed by atoms with Gasteiger partial charge in [0.2, 0.25) is 5.91 Å². The van der Waals surface area contributed by atoms with Gasteiger partial charge in [-0.25, -0.2) is 8.78 Å². The molecule has 2 aliphatic heterocycles. The van der Waals surface area contributed by atoms with E-state index < -0.39 is 11.6 Å². The molecule has 2 saturated heterocycles. The van der Waals surface area contributed by atoms with E-state index in [1.807, 2.05) is 16.7 Å². The van der Waals surface area contributed by atoms with Gasteiger partial charge in [0.25, 0.3) is 0 Å². The number of nitrogens with zero attached hydrogens (tertiary/aromatic N) is 3. The fraction of sp³-hybridized carbons (Fsp3) is 0.636. The van der Waals surface area contributed by atoms with Crippen LogP contribution < -0.4 is 15.5 Å². The van der Waals surface area contributed by atoms with Crippen LogP contribution in [0.25, 0.3) is 0 Å². The zero-order chi connectivity index (χ0) is 21.3. The predicted octanol–water partition coefficient (Wildman–Crippen LogP) is 2.89. The number of likely N-dealkylation sites (tertiary alicyclic amines) is 1. The number of carbonyl (C=O) groups excluding carboxylic acids is 1. The summed E-state index contributed by atoms with van der Waals surface area (Å²) in [5, 5.41) is 6.68. The van der Waals surface area contributed by atoms with E-state index >= 15 is 0 Å². The quantitative estimate of drug-likeness (QED) is 0.404. The lowest BCUT2D eigenvalue weighted by molar-refractivity contribution is -0.130. The summed E-state index contributed by atoms with van der Waals surface area (Å²) in [5.41, 5.74) is 0.435. The molecule has 0 spiro atoms. The average Bonchev–Trinajstić information content (AvgIpc) is 3.07. The lowest BCUT2D eigenvalue weighted by atomic mass is 10.2. The highest BCUT2D eigenvalue weighted by atomic mass is 19.1. The Hall–Kier alpha value is -2.38. The molecule has 0 saturated carbocycles. The summed E-state index contributed by atoms with van der Waals surface area (Å²) in [6, 6.07) is 3.85. The standard InChI is InChI=1S/C22H33F2N5O/c1-2-25-22(26-11-6-13-28-12-5-3-4-7-21(28)30)27-18-10-14-29(16-18)20-9-8-17(23)15-19(20)24/h8-9,15,18H,2-7,10-14,16H2,1H3,(H2,25,26,27). The van der Waals surface area contributed by atoms with Crippen LogP contribution in [0.5, 0.6) is 0 Å². The van der Waals surface area contributed by atoms with Gasteiger partial charge in [-0.05, 0) is 44.7 Å². The van der Waals surface area contributed by atoms with Gasteiger partial charge in [0.15, 0.2) is 5.96 Å². The van der Waals surface area contributed by atoms with Gasteiger partial charge in [0.05, 0.1) is 5.69 Å². The zero-order valence-electron chi connectivity index (χ0n) is 17.8. The van der Waals surface area contributed by atoms with Crippen molar-refractivity contribution in [3.8, 4) is 0 Å². The van der Waals surface area contributed by atoms with Crippen LogP contribution in [0.4, 0.5) is 14.5 Å². The lowest BCUT2D eigenvalue weighted by Crippen LogP contribution is -2.44. The first-order valence-electron chi connectivity index (χ1n) is 11.1. The van der Waals surface area contributed by atoms with E-state index in [1.54, 1.807) is 0 Å². The van der Waals surface area contributed by atoms with Gasteiger partial charge in [-0.1, -0.05) is 6.42 Å². The number of hydrogen-bond acceptors (Lipinski definition) is 3. The van der Waals surface area contributed by atoms with Gasteiger partial charge in [-0.2, -0.15) is 0 Å². The Balaban J connectivity index is 1.48. The molecule has 30 heavy (non-hydrogen) atoms. The van der Waals surface area contributed by atoms with Crippen molar-refractivity contribution in [1.82, 2.24) is 15.5 Å². The van der Waals surface area contributed by atoms with E-state index in [-0.39, 0.29) is 11.9 Å². The van der Waals surface area contributed by atoms with Gasteiger partial charge >= 0.3 is 0 Å². The second-order valence-corrected chi connectivity index (χ2v) is 7.98. The third-order valence-corrected chi connectivity index (χ3v) is 5.65. The van der Waals surface area contributed by atoms with Crippen LogP contribution >= 0.6 is 0 Å². The van der Waals surface area contributed by atoms with E-state index in [2.05, 4.69) is 15.6 Å². The molecule has 6 nitrogen and oxygen atoms in total. The number of nitrogens with one attached hydrogen (secondary N) is 2. The molecule has 2 fully saturated rings. The molecular weight excluding hydrogens is 388 g/mol.